The summed E-state index contributed by atoms with van der Waals surface area (Å²) in [5, 5.41) is 10.7. The largest absolute Gasteiger partial charge is 0.371 e. The van der Waals surface area contributed by atoms with Crippen molar-refractivity contribution >= 4 is 45.9 Å². The molecule has 0 spiro atoms. The summed E-state index contributed by atoms with van der Waals surface area (Å²) in [7, 11) is 0. The first kappa shape index (κ1) is 33.6. The van der Waals surface area contributed by atoms with E-state index in [9.17, 15) is 24.0 Å². The summed E-state index contributed by atoms with van der Waals surface area (Å²) < 4.78 is 17.1. The van der Waals surface area contributed by atoms with Gasteiger partial charge in [-0.05, 0) is 61.7 Å². The van der Waals surface area contributed by atoms with Gasteiger partial charge in [-0.1, -0.05) is 5.21 Å². The summed E-state index contributed by atoms with van der Waals surface area (Å²) in [4.78, 5) is 70.5. The molecule has 0 bridgehead atoms. The van der Waals surface area contributed by atoms with E-state index in [2.05, 4.69) is 30.3 Å². The number of halogens is 1. The highest BCUT2D eigenvalue weighted by atomic mass is 19.1. The molecule has 4 aliphatic rings. The van der Waals surface area contributed by atoms with Crippen LogP contribution in [0, 0.1) is 5.92 Å². The molecule has 4 saturated heterocycles. The summed E-state index contributed by atoms with van der Waals surface area (Å²) in [5.41, 5.74) is 6.31. The molecule has 1 atom stereocenters. The van der Waals surface area contributed by atoms with E-state index in [4.69, 9.17) is 5.73 Å². The number of anilines is 2. The van der Waals surface area contributed by atoms with E-state index in [0.29, 0.717) is 74.9 Å². The fourth-order valence-corrected chi connectivity index (χ4v) is 7.69. The van der Waals surface area contributed by atoms with Gasteiger partial charge in [0.15, 0.2) is 0 Å². The number of likely N-dealkylation sites (tertiary alicyclic amines) is 1. The maximum Gasteiger partial charge on any atom is 0.278 e. The van der Waals surface area contributed by atoms with Crippen LogP contribution in [0.4, 0.5) is 15.8 Å². The molecule has 7 rings (SSSR count). The number of alkyl halides is 1. The third-order valence-corrected chi connectivity index (χ3v) is 10.7. The van der Waals surface area contributed by atoms with Crippen LogP contribution in [-0.4, -0.2) is 113 Å². The lowest BCUT2D eigenvalue weighted by molar-refractivity contribution is -0.139. The SMILES string of the molecule is NC(=O)c1ccc(N2CCN(CC3(F)CCN(C(=O)C4CCN(c5ccc6nnn(C7CCC(=O)NC7=O)c(=O)c6c5)CC4)CC3)CC2)cc1. The number of hydrogen-bond acceptors (Lipinski definition) is 10. The topological polar surface area (TPSA) is 167 Å². The van der Waals surface area contributed by atoms with Crippen LogP contribution >= 0.6 is 0 Å². The number of nitrogens with two attached hydrogens (primary N) is 1. The minimum atomic E-state index is -1.33. The van der Waals surface area contributed by atoms with Gasteiger partial charge in [0.25, 0.3) is 11.5 Å². The number of piperazine rings is 1. The lowest BCUT2D eigenvalue weighted by Gasteiger charge is -2.43. The number of nitrogens with zero attached hydrogens (tertiary/aromatic N) is 7. The van der Waals surface area contributed by atoms with E-state index in [1.54, 1.807) is 24.3 Å². The second-order valence-electron chi connectivity index (χ2n) is 13.9. The minimum absolute atomic E-state index is 0.0866. The molecule has 264 valence electrons. The first-order valence-electron chi connectivity index (χ1n) is 17.4. The standard InChI is InChI=1S/C35H42FN9O5/c36-35(22-41-17-19-43(20-18-41)25-3-1-23(2-4-25)31(37)47)11-15-44(16-12-35)33(49)24-9-13-42(14-10-24)26-5-6-28-27(21-26)34(50)45(40-39-28)29-7-8-30(46)38-32(29)48/h1-6,21,24,29H,7-20,22H2,(H2,37,47)(H,38,46,48). The molecular weight excluding hydrogens is 645 g/mol. The van der Waals surface area contributed by atoms with E-state index in [1.807, 2.05) is 23.1 Å². The van der Waals surface area contributed by atoms with Crippen molar-refractivity contribution in [1.82, 2.24) is 30.1 Å². The van der Waals surface area contributed by atoms with Crippen LogP contribution in [0.1, 0.15) is 54.9 Å². The van der Waals surface area contributed by atoms with Crippen LogP contribution in [0.5, 0.6) is 0 Å². The molecule has 0 radical (unpaired) electrons. The second kappa shape index (κ2) is 13.8. The number of rotatable bonds is 7. The van der Waals surface area contributed by atoms with Crippen molar-refractivity contribution in [2.75, 3.05) is 68.7 Å². The molecule has 0 aliphatic carbocycles. The van der Waals surface area contributed by atoms with Gasteiger partial charge >= 0.3 is 0 Å². The quantitative estimate of drug-likeness (QED) is 0.345. The van der Waals surface area contributed by atoms with Crippen molar-refractivity contribution in [1.29, 1.82) is 0 Å². The van der Waals surface area contributed by atoms with Crippen molar-refractivity contribution in [2.24, 2.45) is 11.7 Å². The molecule has 50 heavy (non-hydrogen) atoms. The van der Waals surface area contributed by atoms with Crippen LogP contribution in [0.25, 0.3) is 10.9 Å². The highest BCUT2D eigenvalue weighted by Crippen LogP contribution is 2.32. The fraction of sp³-hybridized carbons (Fsp3) is 0.514. The average Bonchev–Trinajstić information content (AvgIpc) is 3.12. The van der Waals surface area contributed by atoms with Gasteiger partial charge in [0, 0.05) is 101 Å². The number of fused-ring (bicyclic) bond motifs is 1. The maximum absolute atomic E-state index is 16.0. The van der Waals surface area contributed by atoms with Crippen LogP contribution < -0.4 is 26.4 Å². The molecule has 0 saturated carbocycles. The molecule has 1 unspecified atom stereocenters. The molecule has 2 aromatic carbocycles. The Bertz CT molecular complexity index is 1840. The third kappa shape index (κ3) is 6.91. The Balaban J connectivity index is 0.891. The Morgan fingerprint density at radius 2 is 1.52 bits per heavy atom. The Hall–Kier alpha value is -4.92. The van der Waals surface area contributed by atoms with Gasteiger partial charge < -0.3 is 20.4 Å². The Morgan fingerprint density at radius 1 is 0.860 bits per heavy atom. The van der Waals surface area contributed by atoms with Crippen LogP contribution in [0.2, 0.25) is 0 Å². The van der Waals surface area contributed by atoms with Gasteiger partial charge in [-0.2, -0.15) is 4.68 Å². The summed E-state index contributed by atoms with van der Waals surface area (Å²) in [5.74, 6) is -1.44. The Morgan fingerprint density at radius 3 is 2.18 bits per heavy atom. The van der Waals surface area contributed by atoms with Gasteiger partial charge in [-0.3, -0.25) is 34.2 Å². The van der Waals surface area contributed by atoms with Crippen molar-refractivity contribution in [3.63, 3.8) is 0 Å². The fourth-order valence-electron chi connectivity index (χ4n) is 7.69. The number of benzene rings is 2. The molecule has 15 heteroatoms. The molecule has 4 aliphatic heterocycles. The zero-order chi connectivity index (χ0) is 35.0. The number of carbonyl (C=O) groups is 4. The molecule has 4 amide bonds. The lowest BCUT2D eigenvalue weighted by Crippen LogP contribution is -2.55. The zero-order valence-electron chi connectivity index (χ0n) is 27.9. The maximum atomic E-state index is 16.0. The van der Waals surface area contributed by atoms with Crippen molar-refractivity contribution in [3.05, 3.63) is 58.4 Å². The molecule has 1 aromatic heterocycles. The predicted molar refractivity (Wildman–Crippen MR) is 183 cm³/mol. The van der Waals surface area contributed by atoms with Crippen LogP contribution in [0.15, 0.2) is 47.3 Å². The minimum Gasteiger partial charge on any atom is -0.371 e. The summed E-state index contributed by atoms with van der Waals surface area (Å²) in [6.45, 7) is 5.45. The third-order valence-electron chi connectivity index (χ3n) is 10.7. The second-order valence-corrected chi connectivity index (χ2v) is 13.9. The van der Waals surface area contributed by atoms with Gasteiger partial charge in [0.05, 0.1) is 5.39 Å². The molecule has 5 heterocycles. The normalized spacial score (nSPS) is 22.1. The lowest BCUT2D eigenvalue weighted by atomic mass is 9.89. The zero-order valence-corrected chi connectivity index (χ0v) is 27.9. The van der Waals surface area contributed by atoms with Crippen molar-refractivity contribution < 1.29 is 23.6 Å². The van der Waals surface area contributed by atoms with Gasteiger partial charge in [0.2, 0.25) is 17.7 Å². The summed E-state index contributed by atoms with van der Waals surface area (Å²) in [6, 6.07) is 11.7. The number of piperidine rings is 3. The number of aromatic nitrogens is 3. The van der Waals surface area contributed by atoms with E-state index in [0.717, 1.165) is 42.2 Å². The van der Waals surface area contributed by atoms with E-state index in [-0.39, 0.29) is 30.6 Å². The Kier molecular flexibility index (Phi) is 9.24. The Labute approximate surface area is 288 Å². The number of amides is 4. The van der Waals surface area contributed by atoms with Gasteiger partial charge in [-0.25, -0.2) is 4.39 Å². The monoisotopic (exact) mass is 687 g/mol. The predicted octanol–water partition coefficient (Wildman–Crippen LogP) is 1.24. The number of nitrogens with one attached hydrogen (secondary N) is 1. The summed E-state index contributed by atoms with van der Waals surface area (Å²) in [6.07, 6.45) is 2.26. The van der Waals surface area contributed by atoms with E-state index < -0.39 is 29.1 Å². The van der Waals surface area contributed by atoms with Crippen LogP contribution in [0.3, 0.4) is 0 Å². The number of primary amides is 1. The van der Waals surface area contributed by atoms with E-state index >= 15 is 4.39 Å². The smallest absolute Gasteiger partial charge is 0.278 e. The molecule has 3 aromatic rings. The average molecular weight is 688 g/mol. The highest BCUT2D eigenvalue weighted by molar-refractivity contribution is 5.99. The van der Waals surface area contributed by atoms with Crippen molar-refractivity contribution in [3.8, 4) is 0 Å². The van der Waals surface area contributed by atoms with Crippen LogP contribution in [-0.2, 0) is 14.4 Å². The number of carbonyl (C=O) groups excluding carboxylic acids is 4. The van der Waals surface area contributed by atoms with Crippen molar-refractivity contribution in [2.45, 2.75) is 50.2 Å². The van der Waals surface area contributed by atoms with Gasteiger partial charge in [-0.15, -0.1) is 5.10 Å². The number of imide groups is 1. The highest BCUT2D eigenvalue weighted by Gasteiger charge is 2.40. The molecule has 14 nitrogen and oxygen atoms in total. The molecule has 4 fully saturated rings. The molecular formula is C35H42FN9O5. The summed E-state index contributed by atoms with van der Waals surface area (Å²) >= 11 is 0. The van der Waals surface area contributed by atoms with Gasteiger partial charge in [0.1, 0.15) is 17.2 Å². The first-order valence-corrected chi connectivity index (χ1v) is 17.4. The molecule has 3 N–H and O–H groups in total. The first-order chi connectivity index (χ1) is 24.1. The number of hydrogen-bond donors (Lipinski definition) is 2. The van der Waals surface area contributed by atoms with E-state index in [1.165, 1.54) is 0 Å².